The maximum atomic E-state index is 12.0. The van der Waals surface area contributed by atoms with E-state index in [0.29, 0.717) is 19.4 Å². The number of hydrogen-bond donors (Lipinski definition) is 3. The first-order valence-corrected chi connectivity index (χ1v) is 6.03. The van der Waals surface area contributed by atoms with Gasteiger partial charge in [-0.15, -0.1) is 0 Å². The van der Waals surface area contributed by atoms with E-state index in [0.717, 1.165) is 0 Å². The number of hydrogen-bond acceptors (Lipinski definition) is 4. The molecule has 1 fully saturated rings. The highest BCUT2D eigenvalue weighted by molar-refractivity contribution is 7.80. The van der Waals surface area contributed by atoms with Crippen LogP contribution in [-0.4, -0.2) is 46.1 Å². The molecule has 2 unspecified atom stereocenters. The fraction of sp³-hybridized carbons (Fsp3) is 0.700. The number of primary amides is 1. The average Bonchev–Trinajstić information content (AvgIpc) is 2.73. The van der Waals surface area contributed by atoms with Crippen LogP contribution in [0.3, 0.4) is 0 Å². The van der Waals surface area contributed by atoms with E-state index < -0.39 is 23.8 Å². The number of nitrogens with two attached hydrogens (primary N) is 1. The van der Waals surface area contributed by atoms with Gasteiger partial charge >= 0.3 is 5.97 Å². The van der Waals surface area contributed by atoms with Crippen molar-refractivity contribution in [2.45, 2.75) is 25.3 Å². The molecule has 3 N–H and O–H groups in total. The Morgan fingerprint density at radius 2 is 2.12 bits per heavy atom. The second-order valence-corrected chi connectivity index (χ2v) is 4.44. The van der Waals surface area contributed by atoms with Crippen LogP contribution in [0.4, 0.5) is 0 Å². The minimum atomic E-state index is -1.01. The molecule has 7 heteroatoms. The van der Waals surface area contributed by atoms with E-state index in [9.17, 15) is 14.4 Å². The number of carboxylic acid groups (broad SMARTS) is 1. The van der Waals surface area contributed by atoms with Crippen molar-refractivity contribution < 1.29 is 19.5 Å². The van der Waals surface area contributed by atoms with Gasteiger partial charge in [-0.05, 0) is 12.8 Å². The van der Waals surface area contributed by atoms with Gasteiger partial charge in [-0.3, -0.25) is 9.59 Å². The third-order valence-electron chi connectivity index (χ3n) is 2.84. The molecule has 6 nitrogen and oxygen atoms in total. The maximum Gasteiger partial charge on any atom is 0.326 e. The van der Waals surface area contributed by atoms with Crippen LogP contribution in [0, 0.1) is 5.92 Å². The molecule has 0 spiro atoms. The minimum absolute atomic E-state index is 0.0921. The standard InChI is InChI=1S/C10H16N2O4S/c11-8(13)4-6(5-17)9(14)12-3-1-2-7(12)10(15)16/h6-7,17H,1-5H2,(H2,11,13)(H,15,16). The number of carbonyl (C=O) groups is 3. The number of nitrogens with zero attached hydrogens (tertiary/aromatic N) is 1. The fourth-order valence-corrected chi connectivity index (χ4v) is 2.28. The molecule has 0 aliphatic carbocycles. The van der Waals surface area contributed by atoms with Gasteiger partial charge in [0, 0.05) is 18.7 Å². The number of aliphatic carboxylic acids is 1. The molecule has 1 saturated heterocycles. The van der Waals surface area contributed by atoms with E-state index in [-0.39, 0.29) is 18.1 Å². The lowest BCUT2D eigenvalue weighted by molar-refractivity contribution is -0.149. The number of amides is 2. The van der Waals surface area contributed by atoms with Crippen LogP contribution in [0.2, 0.25) is 0 Å². The van der Waals surface area contributed by atoms with E-state index in [1.165, 1.54) is 4.90 Å². The van der Waals surface area contributed by atoms with Gasteiger partial charge in [0.25, 0.3) is 0 Å². The van der Waals surface area contributed by atoms with Crippen molar-refractivity contribution >= 4 is 30.4 Å². The van der Waals surface area contributed by atoms with Crippen LogP contribution < -0.4 is 5.73 Å². The largest absolute Gasteiger partial charge is 0.480 e. The Morgan fingerprint density at radius 3 is 2.59 bits per heavy atom. The van der Waals surface area contributed by atoms with Gasteiger partial charge in [0.05, 0.1) is 5.92 Å². The Balaban J connectivity index is 2.73. The monoisotopic (exact) mass is 260 g/mol. The van der Waals surface area contributed by atoms with E-state index in [4.69, 9.17) is 10.8 Å². The molecule has 0 aromatic heterocycles. The third-order valence-corrected chi connectivity index (χ3v) is 3.28. The summed E-state index contributed by atoms with van der Waals surface area (Å²) in [5.41, 5.74) is 5.04. The van der Waals surface area contributed by atoms with Gasteiger partial charge in [-0.25, -0.2) is 4.79 Å². The maximum absolute atomic E-state index is 12.0. The van der Waals surface area contributed by atoms with Gasteiger partial charge in [0.2, 0.25) is 11.8 Å². The topological polar surface area (TPSA) is 101 Å². The lowest BCUT2D eigenvalue weighted by atomic mass is 10.1. The molecular weight excluding hydrogens is 244 g/mol. The lowest BCUT2D eigenvalue weighted by Crippen LogP contribution is -2.44. The van der Waals surface area contributed by atoms with E-state index in [1.54, 1.807) is 0 Å². The van der Waals surface area contributed by atoms with Crippen molar-refractivity contribution in [1.82, 2.24) is 4.90 Å². The SMILES string of the molecule is NC(=O)CC(CS)C(=O)N1CCCC1C(=O)O. The van der Waals surface area contributed by atoms with E-state index in [1.807, 2.05) is 0 Å². The smallest absolute Gasteiger partial charge is 0.326 e. The van der Waals surface area contributed by atoms with E-state index >= 15 is 0 Å². The van der Waals surface area contributed by atoms with Gasteiger partial charge in [0.15, 0.2) is 0 Å². The van der Waals surface area contributed by atoms with Crippen molar-refractivity contribution in [3.8, 4) is 0 Å². The average molecular weight is 260 g/mol. The summed E-state index contributed by atoms with van der Waals surface area (Å²) in [4.78, 5) is 35.1. The Morgan fingerprint density at radius 1 is 1.47 bits per heavy atom. The molecule has 1 heterocycles. The molecule has 0 saturated carbocycles. The predicted molar refractivity (Wildman–Crippen MR) is 63.5 cm³/mol. The van der Waals surface area contributed by atoms with Crippen LogP contribution in [0.15, 0.2) is 0 Å². The number of carbonyl (C=O) groups excluding carboxylic acids is 2. The second kappa shape index (κ2) is 5.90. The van der Waals surface area contributed by atoms with Crippen LogP contribution in [0.5, 0.6) is 0 Å². The zero-order valence-corrected chi connectivity index (χ0v) is 10.2. The molecule has 0 radical (unpaired) electrons. The molecule has 2 atom stereocenters. The zero-order valence-electron chi connectivity index (χ0n) is 9.33. The first-order chi connectivity index (χ1) is 7.97. The third kappa shape index (κ3) is 3.36. The lowest BCUT2D eigenvalue weighted by Gasteiger charge is -2.25. The quantitative estimate of drug-likeness (QED) is 0.579. The summed E-state index contributed by atoms with van der Waals surface area (Å²) >= 11 is 4.00. The molecule has 0 aromatic carbocycles. The highest BCUT2D eigenvalue weighted by Gasteiger charge is 2.36. The van der Waals surface area contributed by atoms with Crippen molar-refractivity contribution in [2.24, 2.45) is 11.7 Å². The van der Waals surface area contributed by atoms with Crippen molar-refractivity contribution in [1.29, 1.82) is 0 Å². The van der Waals surface area contributed by atoms with E-state index in [2.05, 4.69) is 12.6 Å². The highest BCUT2D eigenvalue weighted by Crippen LogP contribution is 2.21. The molecule has 96 valence electrons. The Kier molecular flexibility index (Phi) is 4.80. The number of thiol groups is 1. The van der Waals surface area contributed by atoms with Crippen LogP contribution in [0.1, 0.15) is 19.3 Å². The number of rotatable bonds is 5. The van der Waals surface area contributed by atoms with Crippen LogP contribution >= 0.6 is 12.6 Å². The summed E-state index contributed by atoms with van der Waals surface area (Å²) in [6.45, 7) is 0.416. The molecule has 17 heavy (non-hydrogen) atoms. The second-order valence-electron chi connectivity index (χ2n) is 4.08. The van der Waals surface area contributed by atoms with Gasteiger partial charge in [-0.2, -0.15) is 12.6 Å². The van der Waals surface area contributed by atoms with Crippen LogP contribution in [0.25, 0.3) is 0 Å². The Hall–Kier alpha value is -1.24. The molecule has 1 rings (SSSR count). The van der Waals surface area contributed by atoms with Crippen LogP contribution in [-0.2, 0) is 14.4 Å². The van der Waals surface area contributed by atoms with Gasteiger partial charge < -0.3 is 15.7 Å². The first kappa shape index (κ1) is 13.8. The summed E-state index contributed by atoms with van der Waals surface area (Å²) in [5.74, 6) is -2.37. The molecule has 0 bridgehead atoms. The molecule has 1 aliphatic rings. The highest BCUT2D eigenvalue weighted by atomic mass is 32.1. The summed E-state index contributed by atoms with van der Waals surface area (Å²) in [6.07, 6.45) is 1.03. The van der Waals surface area contributed by atoms with Gasteiger partial charge in [-0.1, -0.05) is 0 Å². The number of likely N-dealkylation sites (tertiary alicyclic amines) is 1. The predicted octanol–water partition coefficient (Wildman–Crippen LogP) is -0.517. The molecule has 1 aliphatic heterocycles. The molecule has 0 aromatic rings. The summed E-state index contributed by atoms with van der Waals surface area (Å²) < 4.78 is 0. The zero-order chi connectivity index (χ0) is 13.0. The Labute approximate surface area is 105 Å². The van der Waals surface area contributed by atoms with Crippen molar-refractivity contribution in [3.63, 3.8) is 0 Å². The normalized spacial score (nSPS) is 21.2. The fourth-order valence-electron chi connectivity index (χ4n) is 1.99. The minimum Gasteiger partial charge on any atom is -0.480 e. The molecular formula is C10H16N2O4S. The Bertz CT molecular complexity index is 334. The van der Waals surface area contributed by atoms with Gasteiger partial charge in [0.1, 0.15) is 6.04 Å². The summed E-state index contributed by atoms with van der Waals surface area (Å²) in [7, 11) is 0. The van der Waals surface area contributed by atoms with Crippen molar-refractivity contribution in [2.75, 3.05) is 12.3 Å². The summed E-state index contributed by atoms with van der Waals surface area (Å²) in [6, 6.07) is -0.780. The summed E-state index contributed by atoms with van der Waals surface area (Å²) in [5, 5.41) is 8.96. The number of carboxylic acids is 1. The first-order valence-electron chi connectivity index (χ1n) is 5.39. The van der Waals surface area contributed by atoms with Crippen molar-refractivity contribution in [3.05, 3.63) is 0 Å². The molecule has 2 amide bonds.